The molecule has 3 heterocycles. The minimum absolute atomic E-state index is 0.0555. The van der Waals surface area contributed by atoms with Gasteiger partial charge in [0.15, 0.2) is 17.1 Å². The monoisotopic (exact) mass is 528 g/mol. The van der Waals surface area contributed by atoms with E-state index in [0.717, 1.165) is 0 Å². The highest BCUT2D eigenvalue weighted by Gasteiger charge is 2.39. The Morgan fingerprint density at radius 2 is 1.70 bits per heavy atom. The van der Waals surface area contributed by atoms with Crippen LogP contribution in [-0.4, -0.2) is 64.5 Å². The fourth-order valence-electron chi connectivity index (χ4n) is 4.13. The van der Waals surface area contributed by atoms with Gasteiger partial charge in [0, 0.05) is 6.07 Å². The summed E-state index contributed by atoms with van der Waals surface area (Å²) < 4.78 is 43.3. The molecule has 196 valence electrons. The van der Waals surface area contributed by atoms with Gasteiger partial charge in [-0.2, -0.15) is 0 Å². The van der Waals surface area contributed by atoms with Gasteiger partial charge in [0.25, 0.3) is 0 Å². The molecule has 0 spiro atoms. The first kappa shape index (κ1) is 26.3. The van der Waals surface area contributed by atoms with Gasteiger partial charge in [-0.15, -0.1) is 0 Å². The van der Waals surface area contributed by atoms with Crippen LogP contribution in [0.15, 0.2) is 42.6 Å². The summed E-state index contributed by atoms with van der Waals surface area (Å²) in [5, 5.41) is 14.6. The first-order chi connectivity index (χ1) is 17.5. The number of methoxy groups -OCH3 is 2. The summed E-state index contributed by atoms with van der Waals surface area (Å²) in [7, 11) is -1.25. The number of rotatable bonds is 9. The number of imidazole rings is 1. The second-order valence-corrected chi connectivity index (χ2v) is 10.3. The minimum Gasteiger partial charge on any atom is -0.494 e. The third-order valence-corrected chi connectivity index (χ3v) is 6.97. The van der Waals surface area contributed by atoms with E-state index in [2.05, 4.69) is 19.9 Å². The molecule has 12 nitrogen and oxygen atoms in total. The van der Waals surface area contributed by atoms with Crippen molar-refractivity contribution in [1.82, 2.24) is 24.5 Å². The molecule has 1 atom stereocenters. The lowest BCUT2D eigenvalue weighted by Gasteiger charge is -2.26. The first-order valence-electron chi connectivity index (χ1n) is 11.3. The van der Waals surface area contributed by atoms with Gasteiger partial charge in [0.2, 0.25) is 15.9 Å². The molecule has 0 saturated heterocycles. The van der Waals surface area contributed by atoms with E-state index in [0.29, 0.717) is 41.2 Å². The third kappa shape index (κ3) is 5.05. The molecule has 4 aromatic rings. The van der Waals surface area contributed by atoms with Crippen molar-refractivity contribution in [3.63, 3.8) is 0 Å². The summed E-state index contributed by atoms with van der Waals surface area (Å²) in [6.45, 7) is 4.95. The molecule has 13 heteroatoms. The molecule has 0 fully saturated rings. The van der Waals surface area contributed by atoms with Crippen LogP contribution < -0.4 is 19.3 Å². The van der Waals surface area contributed by atoms with Crippen LogP contribution >= 0.6 is 0 Å². The van der Waals surface area contributed by atoms with E-state index >= 15 is 0 Å². The number of hydrogen-bond donors (Lipinski definition) is 2. The van der Waals surface area contributed by atoms with Crippen molar-refractivity contribution in [2.45, 2.75) is 31.6 Å². The molecule has 0 saturated carbocycles. The molecular formula is C24H28N6O6S. The maximum atomic E-state index is 12.5. The number of fused-ring (bicyclic) bond motifs is 1. The highest BCUT2D eigenvalue weighted by atomic mass is 32.2. The van der Waals surface area contributed by atoms with Crippen LogP contribution in [0, 0.1) is 0 Å². The van der Waals surface area contributed by atoms with Crippen molar-refractivity contribution in [3.8, 4) is 34.6 Å². The Morgan fingerprint density at radius 1 is 1.05 bits per heavy atom. The third-order valence-electron chi connectivity index (χ3n) is 5.50. The van der Waals surface area contributed by atoms with Crippen LogP contribution in [0.5, 0.6) is 17.4 Å². The zero-order valence-electron chi connectivity index (χ0n) is 21.0. The summed E-state index contributed by atoms with van der Waals surface area (Å²) in [4.78, 5) is 18.2. The van der Waals surface area contributed by atoms with Gasteiger partial charge in [-0.05, 0) is 39.0 Å². The number of hydrogen-bond acceptors (Lipinski definition) is 10. The second-order valence-electron chi connectivity index (χ2n) is 8.64. The summed E-state index contributed by atoms with van der Waals surface area (Å²) in [5.74, 6) is 1.58. The minimum atomic E-state index is -4.27. The smallest absolute Gasteiger partial charge is 0.220 e. The van der Waals surface area contributed by atoms with Crippen molar-refractivity contribution in [2.75, 3.05) is 20.8 Å². The fraction of sp³-hybridized carbons (Fsp3) is 0.333. The summed E-state index contributed by atoms with van der Waals surface area (Å²) in [5.41, 5.74) is -0.559. The van der Waals surface area contributed by atoms with Gasteiger partial charge in [0.05, 0.1) is 38.3 Å². The number of sulfonamides is 1. The number of aliphatic hydroxyl groups is 1. The summed E-state index contributed by atoms with van der Waals surface area (Å²) in [6, 6.07) is 10.5. The molecule has 0 aliphatic heterocycles. The highest BCUT2D eigenvalue weighted by Crippen LogP contribution is 2.39. The normalized spacial score (nSPS) is 12.9. The number of ether oxygens (including phenoxy) is 3. The second kappa shape index (κ2) is 9.92. The predicted molar refractivity (Wildman–Crippen MR) is 136 cm³/mol. The van der Waals surface area contributed by atoms with Gasteiger partial charge in [-0.1, -0.05) is 12.1 Å². The van der Waals surface area contributed by atoms with Crippen molar-refractivity contribution < 1.29 is 27.7 Å². The van der Waals surface area contributed by atoms with Gasteiger partial charge in [0.1, 0.15) is 28.1 Å². The lowest BCUT2D eigenvalue weighted by Crippen LogP contribution is -2.38. The zero-order chi connectivity index (χ0) is 27.0. The van der Waals surface area contributed by atoms with Crippen molar-refractivity contribution >= 4 is 21.3 Å². The fourth-order valence-corrected chi connectivity index (χ4v) is 5.38. The van der Waals surface area contributed by atoms with Crippen LogP contribution in [0.1, 0.15) is 31.7 Å². The molecule has 0 bridgehead atoms. The molecule has 1 aromatic carbocycles. The van der Waals surface area contributed by atoms with Crippen molar-refractivity contribution in [2.24, 2.45) is 5.14 Å². The number of aromatic nitrogens is 5. The molecule has 3 aromatic heterocycles. The van der Waals surface area contributed by atoms with Gasteiger partial charge in [-0.3, -0.25) is 4.57 Å². The van der Waals surface area contributed by atoms with Crippen LogP contribution in [0.25, 0.3) is 28.5 Å². The Hall–Kier alpha value is -3.81. The van der Waals surface area contributed by atoms with E-state index in [-0.39, 0.29) is 17.0 Å². The maximum absolute atomic E-state index is 12.5. The quantitative estimate of drug-likeness (QED) is 0.329. The SMILES string of the molecule is CCOc1cccc(-c2nc3ncc(C(C(C)(C)O)S(N)(=O)=O)nc3n2-c2c(OC)cccc2OC)n1. The standard InChI is InChI=1S/C24H28N6O6S/c1-6-36-18-12-7-9-14(27-18)22-29-21-23(30(22)19-16(34-4)10-8-11-17(19)35-5)28-15(13-26-21)20(24(2,3)31)37(25,32)33/h7-13,20,31H,6H2,1-5H3,(H2,25,32,33). The van der Waals surface area contributed by atoms with E-state index < -0.39 is 20.9 Å². The molecular weight excluding hydrogens is 500 g/mol. The average molecular weight is 529 g/mol. The number of nitrogens with two attached hydrogens (primary N) is 1. The molecule has 4 rings (SSSR count). The van der Waals surface area contributed by atoms with Crippen LogP contribution in [0.4, 0.5) is 0 Å². The van der Waals surface area contributed by atoms with Crippen LogP contribution in [-0.2, 0) is 10.0 Å². The number of primary sulfonamides is 1. The molecule has 0 aliphatic rings. The lowest BCUT2D eigenvalue weighted by molar-refractivity contribution is 0.0736. The maximum Gasteiger partial charge on any atom is 0.220 e. The Labute approximate surface area is 214 Å². The topological polar surface area (TPSA) is 165 Å². The number of benzene rings is 1. The molecule has 37 heavy (non-hydrogen) atoms. The molecule has 0 radical (unpaired) electrons. The highest BCUT2D eigenvalue weighted by molar-refractivity contribution is 7.89. The Balaban J connectivity index is 2.11. The Bertz CT molecular complexity index is 1530. The number of nitrogens with zero attached hydrogens (tertiary/aromatic N) is 5. The first-order valence-corrected chi connectivity index (χ1v) is 12.9. The Morgan fingerprint density at radius 3 is 2.27 bits per heavy atom. The van der Waals surface area contributed by atoms with E-state index in [9.17, 15) is 13.5 Å². The van der Waals surface area contributed by atoms with Crippen molar-refractivity contribution in [3.05, 3.63) is 48.3 Å². The molecule has 1 unspecified atom stereocenters. The summed E-state index contributed by atoms with van der Waals surface area (Å²) in [6.07, 6.45) is 1.24. The van der Waals surface area contributed by atoms with Gasteiger partial charge >= 0.3 is 0 Å². The molecule has 0 amide bonds. The largest absolute Gasteiger partial charge is 0.494 e. The van der Waals surface area contributed by atoms with Crippen LogP contribution in [0.2, 0.25) is 0 Å². The van der Waals surface area contributed by atoms with Gasteiger partial charge < -0.3 is 19.3 Å². The predicted octanol–water partition coefficient (Wildman–Crippen LogP) is 2.39. The van der Waals surface area contributed by atoms with Crippen LogP contribution in [0.3, 0.4) is 0 Å². The van der Waals surface area contributed by atoms with E-state index in [1.807, 2.05) is 6.92 Å². The Kier molecular flexibility index (Phi) is 7.04. The molecule has 3 N–H and O–H groups in total. The molecule has 0 aliphatic carbocycles. The number of pyridine rings is 1. The lowest BCUT2D eigenvalue weighted by atomic mass is 10.0. The van der Waals surface area contributed by atoms with E-state index in [4.69, 9.17) is 19.3 Å². The van der Waals surface area contributed by atoms with E-state index in [1.54, 1.807) is 41.0 Å². The van der Waals surface area contributed by atoms with Crippen molar-refractivity contribution in [1.29, 1.82) is 0 Å². The summed E-state index contributed by atoms with van der Waals surface area (Å²) >= 11 is 0. The number of para-hydroxylation sites is 1. The zero-order valence-corrected chi connectivity index (χ0v) is 21.9. The van der Waals surface area contributed by atoms with E-state index in [1.165, 1.54) is 34.3 Å². The van der Waals surface area contributed by atoms with Gasteiger partial charge in [-0.25, -0.2) is 33.5 Å². The average Bonchev–Trinajstić information content (AvgIpc) is 3.20.